The number of carbonyl (C=O) groups excluding carboxylic acids is 1. The molecule has 1 aliphatic rings. The number of aromatic nitrogens is 4. The number of fused-ring (bicyclic) bond motifs is 1. The second-order valence-corrected chi connectivity index (χ2v) is 10.3. The maximum Gasteiger partial charge on any atom is 0.323 e. The molecule has 1 aliphatic heterocycles. The summed E-state index contributed by atoms with van der Waals surface area (Å²) >= 11 is 0. The lowest BCUT2D eigenvalue weighted by molar-refractivity contribution is 0.0342. The van der Waals surface area contributed by atoms with Gasteiger partial charge in [0.25, 0.3) is 10.1 Å². The largest absolute Gasteiger partial charge is 0.379 e. The zero-order valence-corrected chi connectivity index (χ0v) is 21.7. The summed E-state index contributed by atoms with van der Waals surface area (Å²) in [5.41, 5.74) is 2.95. The molecular formula is C24H27F2N7O5S. The van der Waals surface area contributed by atoms with Crippen molar-refractivity contribution < 1.29 is 31.3 Å². The Morgan fingerprint density at radius 3 is 2.51 bits per heavy atom. The minimum atomic E-state index is -3.66. The number of nitrogens with zero attached hydrogens (tertiary/aromatic N) is 3. The Morgan fingerprint density at radius 2 is 1.85 bits per heavy atom. The molecule has 0 radical (unpaired) electrons. The van der Waals surface area contributed by atoms with Gasteiger partial charge in [0.1, 0.15) is 23.0 Å². The molecule has 5 N–H and O–H groups in total. The molecule has 3 heterocycles. The summed E-state index contributed by atoms with van der Waals surface area (Å²) in [6, 6.07) is 8.53. The predicted molar refractivity (Wildman–Crippen MR) is 141 cm³/mol. The molecule has 15 heteroatoms. The van der Waals surface area contributed by atoms with E-state index in [0.717, 1.165) is 61.6 Å². The van der Waals surface area contributed by atoms with Crippen LogP contribution in [0, 0.1) is 11.6 Å². The second-order valence-electron chi connectivity index (χ2n) is 8.53. The van der Waals surface area contributed by atoms with E-state index in [-0.39, 0.29) is 5.75 Å². The van der Waals surface area contributed by atoms with Gasteiger partial charge in [0.2, 0.25) is 0 Å². The lowest BCUT2D eigenvalue weighted by atomic mass is 10.2. The first-order valence-corrected chi connectivity index (χ1v) is 13.5. The van der Waals surface area contributed by atoms with Gasteiger partial charge < -0.3 is 20.4 Å². The summed E-state index contributed by atoms with van der Waals surface area (Å²) in [4.78, 5) is 22.5. The van der Waals surface area contributed by atoms with E-state index in [2.05, 4.69) is 35.7 Å². The standard InChI is InChI=1S/C22H21F2N7O2.C2H6O3S/c23-14-2-1-3-15(24)19(14)29-22(32)28-18-11-25-30-20(18)21-26-16-5-4-13(10-17(16)27-21)12-31-6-8-33-9-7-31;1-2-6(3,4)5/h1-5,10-11H,6-9,12H2,(H,25,30)(H,26,27)(H2,28,29,32);2H2,1H3,(H,3,4,5). The van der Waals surface area contributed by atoms with E-state index >= 15 is 0 Å². The van der Waals surface area contributed by atoms with Gasteiger partial charge in [0, 0.05) is 19.6 Å². The van der Waals surface area contributed by atoms with Crippen LogP contribution in [0.4, 0.5) is 25.0 Å². The molecule has 4 aromatic rings. The van der Waals surface area contributed by atoms with Crippen molar-refractivity contribution in [3.63, 3.8) is 0 Å². The molecule has 12 nitrogen and oxygen atoms in total. The van der Waals surface area contributed by atoms with Crippen LogP contribution in [0.2, 0.25) is 0 Å². The first-order chi connectivity index (χ1) is 18.6. The smallest absolute Gasteiger partial charge is 0.323 e. The number of rotatable bonds is 6. The molecule has 1 saturated heterocycles. The number of carbonyl (C=O) groups is 1. The third-order valence-electron chi connectivity index (χ3n) is 5.75. The van der Waals surface area contributed by atoms with Gasteiger partial charge in [-0.3, -0.25) is 14.6 Å². The van der Waals surface area contributed by atoms with Gasteiger partial charge in [-0.1, -0.05) is 12.1 Å². The monoisotopic (exact) mass is 563 g/mol. The molecule has 0 atom stereocenters. The van der Waals surface area contributed by atoms with Gasteiger partial charge in [-0.2, -0.15) is 13.5 Å². The van der Waals surface area contributed by atoms with Crippen molar-refractivity contribution in [2.75, 3.05) is 42.7 Å². The van der Waals surface area contributed by atoms with Crippen LogP contribution < -0.4 is 10.6 Å². The van der Waals surface area contributed by atoms with Crippen molar-refractivity contribution in [1.29, 1.82) is 0 Å². The Morgan fingerprint density at radius 1 is 1.15 bits per heavy atom. The molecule has 2 aromatic carbocycles. The Hall–Kier alpha value is -3.92. The number of ether oxygens (including phenoxy) is 1. The third-order valence-corrected chi connectivity index (χ3v) is 6.48. The SMILES string of the molecule is CCS(=O)(=O)O.O=C(Nc1cn[nH]c1-c1nc2ccc(CN3CCOCC3)cc2[nH]1)Nc1c(F)cccc1F. The highest BCUT2D eigenvalue weighted by Gasteiger charge is 2.17. The number of hydrogen-bond donors (Lipinski definition) is 5. The van der Waals surface area contributed by atoms with Crippen LogP contribution in [0.1, 0.15) is 12.5 Å². The maximum atomic E-state index is 13.8. The van der Waals surface area contributed by atoms with Crippen LogP contribution in [-0.4, -0.2) is 76.1 Å². The molecule has 39 heavy (non-hydrogen) atoms. The molecule has 0 spiro atoms. The molecule has 208 valence electrons. The number of hydrogen-bond acceptors (Lipinski definition) is 7. The Bertz CT molecular complexity index is 1530. The number of imidazole rings is 1. The van der Waals surface area contributed by atoms with Crippen LogP contribution in [0.5, 0.6) is 0 Å². The summed E-state index contributed by atoms with van der Waals surface area (Å²) in [5, 5.41) is 11.5. The van der Waals surface area contributed by atoms with Crippen LogP contribution in [0.25, 0.3) is 22.6 Å². The van der Waals surface area contributed by atoms with E-state index in [9.17, 15) is 22.0 Å². The van der Waals surface area contributed by atoms with Crippen molar-refractivity contribution in [1.82, 2.24) is 25.1 Å². The highest BCUT2D eigenvalue weighted by atomic mass is 32.2. The fourth-order valence-electron chi connectivity index (χ4n) is 3.74. The fraction of sp³-hybridized carbons (Fsp3) is 0.292. The number of benzene rings is 2. The average molecular weight is 564 g/mol. The fourth-order valence-corrected chi connectivity index (χ4v) is 3.74. The molecule has 0 bridgehead atoms. The van der Waals surface area contributed by atoms with Crippen molar-refractivity contribution in [3.05, 3.63) is 59.8 Å². The first kappa shape index (κ1) is 28.1. The Labute approximate surface area is 222 Å². The lowest BCUT2D eigenvalue weighted by Gasteiger charge is -2.26. The number of urea groups is 1. The normalized spacial score (nSPS) is 14.1. The van der Waals surface area contributed by atoms with Crippen LogP contribution in [0.15, 0.2) is 42.6 Å². The number of anilines is 2. The van der Waals surface area contributed by atoms with E-state index in [0.29, 0.717) is 17.2 Å². The van der Waals surface area contributed by atoms with E-state index in [1.807, 2.05) is 18.2 Å². The van der Waals surface area contributed by atoms with Crippen molar-refractivity contribution in [2.45, 2.75) is 13.5 Å². The van der Waals surface area contributed by atoms with Crippen LogP contribution in [-0.2, 0) is 21.4 Å². The molecule has 5 rings (SSSR count). The highest BCUT2D eigenvalue weighted by Crippen LogP contribution is 2.27. The van der Waals surface area contributed by atoms with Gasteiger partial charge >= 0.3 is 6.03 Å². The zero-order chi connectivity index (χ0) is 28.0. The Balaban J connectivity index is 0.000000531. The topological polar surface area (TPSA) is 165 Å². The molecule has 0 aliphatic carbocycles. The summed E-state index contributed by atoms with van der Waals surface area (Å²) in [6.45, 7) is 5.46. The van der Waals surface area contributed by atoms with Gasteiger partial charge in [0.05, 0.1) is 41.9 Å². The molecule has 0 unspecified atom stereocenters. The third kappa shape index (κ3) is 7.57. The molecule has 1 fully saturated rings. The van der Waals surface area contributed by atoms with Gasteiger partial charge in [-0.15, -0.1) is 0 Å². The van der Waals surface area contributed by atoms with Crippen LogP contribution in [0.3, 0.4) is 0 Å². The zero-order valence-electron chi connectivity index (χ0n) is 20.9. The average Bonchev–Trinajstić information content (AvgIpc) is 3.53. The van der Waals surface area contributed by atoms with E-state index in [1.54, 1.807) is 0 Å². The van der Waals surface area contributed by atoms with Crippen molar-refractivity contribution >= 4 is 38.6 Å². The first-order valence-electron chi connectivity index (χ1n) is 11.9. The lowest BCUT2D eigenvalue weighted by Crippen LogP contribution is -2.35. The van der Waals surface area contributed by atoms with E-state index < -0.39 is 33.5 Å². The second kappa shape index (κ2) is 12.3. The van der Waals surface area contributed by atoms with E-state index in [1.165, 1.54) is 19.2 Å². The van der Waals surface area contributed by atoms with E-state index in [4.69, 9.17) is 9.29 Å². The molecule has 2 amide bonds. The Kier molecular flexibility index (Phi) is 8.86. The predicted octanol–water partition coefficient (Wildman–Crippen LogP) is 3.60. The summed E-state index contributed by atoms with van der Waals surface area (Å²) < 4.78 is 59.9. The number of nitrogens with one attached hydrogen (secondary N) is 4. The summed E-state index contributed by atoms with van der Waals surface area (Å²) in [7, 11) is -3.66. The number of halogens is 2. The van der Waals surface area contributed by atoms with Gasteiger partial charge in [-0.25, -0.2) is 18.6 Å². The maximum absolute atomic E-state index is 13.8. The summed E-state index contributed by atoms with van der Waals surface area (Å²) in [6.07, 6.45) is 1.39. The van der Waals surface area contributed by atoms with Crippen molar-refractivity contribution in [2.24, 2.45) is 0 Å². The van der Waals surface area contributed by atoms with Crippen molar-refractivity contribution in [3.8, 4) is 11.5 Å². The highest BCUT2D eigenvalue weighted by molar-refractivity contribution is 7.85. The number of aromatic amines is 2. The number of amides is 2. The van der Waals surface area contributed by atoms with Gasteiger partial charge in [0.15, 0.2) is 5.82 Å². The molecule has 2 aromatic heterocycles. The minimum absolute atomic E-state index is 0.201. The number of H-pyrrole nitrogens is 2. The molecule has 0 saturated carbocycles. The minimum Gasteiger partial charge on any atom is -0.379 e. The number of morpholine rings is 1. The van der Waals surface area contributed by atoms with Gasteiger partial charge in [-0.05, 0) is 36.8 Å². The van der Waals surface area contributed by atoms with Crippen LogP contribution >= 0.6 is 0 Å². The summed E-state index contributed by atoms with van der Waals surface area (Å²) in [5.74, 6) is -1.48. The molecular weight excluding hydrogens is 536 g/mol. The quantitative estimate of drug-likeness (QED) is 0.222. The number of para-hydroxylation sites is 1.